The normalized spacial score (nSPS) is 10.5. The van der Waals surface area contributed by atoms with E-state index in [1.165, 1.54) is 0 Å². The summed E-state index contributed by atoms with van der Waals surface area (Å²) in [4.78, 5) is 21.5. The molecule has 3 N–H and O–H groups in total. The Morgan fingerprint density at radius 3 is 2.47 bits per heavy atom. The molecule has 0 fully saturated rings. The van der Waals surface area contributed by atoms with Gasteiger partial charge in [0.05, 0.1) is 22.2 Å². The Hall–Kier alpha value is -2.44. The van der Waals surface area contributed by atoms with Crippen LogP contribution in [0.25, 0.3) is 0 Å². The van der Waals surface area contributed by atoms with Crippen LogP contribution >= 0.6 is 0 Å². The van der Waals surface area contributed by atoms with Crippen LogP contribution in [-0.4, -0.2) is 30.0 Å². The maximum Gasteiger partial charge on any atom is 0.337 e. The molecule has 0 unspecified atom stereocenters. The molecular weight excluding hydrogens is 276 g/mol. The molecule has 1 aromatic carbocycles. The number of carbonyl (C=O) groups excluding carboxylic acids is 1. The number of carboxylic acids is 1. The van der Waals surface area contributed by atoms with Crippen molar-refractivity contribution in [2.75, 3.05) is 5.32 Å². The first-order chi connectivity index (χ1) is 8.75. The Morgan fingerprint density at radius 2 is 2.00 bits per heavy atom. The highest BCUT2D eigenvalue weighted by molar-refractivity contribution is 7.85. The molecular formula is C10H8N2O6S. The average molecular weight is 284 g/mol. The van der Waals surface area contributed by atoms with E-state index in [9.17, 15) is 18.0 Å². The smallest absolute Gasteiger partial charge is 0.337 e. The molecule has 9 heteroatoms. The lowest BCUT2D eigenvalue weighted by molar-refractivity contribution is -0.115. The highest BCUT2D eigenvalue weighted by Gasteiger charge is 2.17. The minimum Gasteiger partial charge on any atom is -0.478 e. The van der Waals surface area contributed by atoms with E-state index in [0.29, 0.717) is 6.07 Å². The molecule has 0 radical (unpaired) electrons. The highest BCUT2D eigenvalue weighted by Crippen LogP contribution is 2.20. The van der Waals surface area contributed by atoms with Gasteiger partial charge in [-0.05, 0) is 18.2 Å². The number of carbonyl (C=O) groups is 2. The van der Waals surface area contributed by atoms with Gasteiger partial charge in [-0.3, -0.25) is 9.35 Å². The summed E-state index contributed by atoms with van der Waals surface area (Å²) in [5, 5.41) is 19.4. The number of nitrogens with zero attached hydrogens (tertiary/aromatic N) is 1. The van der Waals surface area contributed by atoms with Crippen LogP contribution in [0.1, 0.15) is 16.8 Å². The van der Waals surface area contributed by atoms with E-state index in [4.69, 9.17) is 14.9 Å². The van der Waals surface area contributed by atoms with E-state index >= 15 is 0 Å². The van der Waals surface area contributed by atoms with Crippen LogP contribution in [0.2, 0.25) is 0 Å². The zero-order valence-electron chi connectivity index (χ0n) is 9.32. The van der Waals surface area contributed by atoms with Crippen LogP contribution in [0.15, 0.2) is 23.1 Å². The Bertz CT molecular complexity index is 674. The molecule has 0 saturated carbocycles. The Kier molecular flexibility index (Phi) is 4.21. The fourth-order valence-electron chi connectivity index (χ4n) is 1.24. The summed E-state index contributed by atoms with van der Waals surface area (Å²) < 4.78 is 30.6. The van der Waals surface area contributed by atoms with Gasteiger partial charge in [0.2, 0.25) is 5.91 Å². The molecule has 0 heterocycles. The molecule has 8 nitrogen and oxygen atoms in total. The van der Waals surface area contributed by atoms with Gasteiger partial charge in [0.15, 0.2) is 0 Å². The lowest BCUT2D eigenvalue weighted by atomic mass is 10.1. The Balaban J connectivity index is 3.24. The van der Waals surface area contributed by atoms with Crippen molar-refractivity contribution in [2.45, 2.75) is 11.3 Å². The van der Waals surface area contributed by atoms with E-state index in [2.05, 4.69) is 5.32 Å². The number of amides is 1. The molecule has 1 aromatic rings. The maximum atomic E-state index is 11.2. The number of nitriles is 1. The van der Waals surface area contributed by atoms with Gasteiger partial charge < -0.3 is 10.4 Å². The molecule has 1 amide bonds. The molecule has 0 bridgehead atoms. The van der Waals surface area contributed by atoms with Crippen molar-refractivity contribution >= 4 is 27.7 Å². The maximum absolute atomic E-state index is 11.2. The third-order valence-corrected chi connectivity index (χ3v) is 2.88. The van der Waals surface area contributed by atoms with E-state index < -0.39 is 38.9 Å². The van der Waals surface area contributed by atoms with Crippen molar-refractivity contribution < 1.29 is 27.7 Å². The molecule has 0 aliphatic carbocycles. The average Bonchev–Trinajstić information content (AvgIpc) is 2.27. The first kappa shape index (κ1) is 14.6. The Labute approximate surface area is 108 Å². The van der Waals surface area contributed by atoms with Crippen molar-refractivity contribution in [2.24, 2.45) is 0 Å². The number of nitrogens with one attached hydrogen (secondary N) is 1. The number of benzene rings is 1. The van der Waals surface area contributed by atoms with E-state index in [1.54, 1.807) is 6.07 Å². The van der Waals surface area contributed by atoms with Gasteiger partial charge in [-0.2, -0.15) is 13.7 Å². The zero-order chi connectivity index (χ0) is 14.6. The van der Waals surface area contributed by atoms with Crippen molar-refractivity contribution in [3.05, 3.63) is 23.8 Å². The fraction of sp³-hybridized carbons (Fsp3) is 0.100. The largest absolute Gasteiger partial charge is 0.478 e. The van der Waals surface area contributed by atoms with Gasteiger partial charge in [-0.1, -0.05) is 0 Å². The van der Waals surface area contributed by atoms with Crippen LogP contribution in [0.4, 0.5) is 5.69 Å². The van der Waals surface area contributed by atoms with Crippen LogP contribution in [0.5, 0.6) is 0 Å². The van der Waals surface area contributed by atoms with Gasteiger partial charge in [0.25, 0.3) is 10.1 Å². The quantitative estimate of drug-likeness (QED) is 0.682. The second-order valence-corrected chi connectivity index (χ2v) is 4.79. The van der Waals surface area contributed by atoms with Gasteiger partial charge in [-0.15, -0.1) is 0 Å². The molecule has 1 rings (SSSR count). The van der Waals surface area contributed by atoms with Gasteiger partial charge in [0, 0.05) is 0 Å². The number of aromatic carboxylic acids is 1. The van der Waals surface area contributed by atoms with Crippen LogP contribution in [0, 0.1) is 11.3 Å². The van der Waals surface area contributed by atoms with Gasteiger partial charge in [0.1, 0.15) is 6.42 Å². The van der Waals surface area contributed by atoms with Crippen molar-refractivity contribution in [3.63, 3.8) is 0 Å². The van der Waals surface area contributed by atoms with Crippen LogP contribution < -0.4 is 5.32 Å². The molecule has 100 valence electrons. The number of hydrogen-bond acceptors (Lipinski definition) is 5. The summed E-state index contributed by atoms with van der Waals surface area (Å²) in [7, 11) is -4.54. The zero-order valence-corrected chi connectivity index (χ0v) is 10.1. The standard InChI is InChI=1S/C10H8N2O6S/c11-4-3-9(13)12-8-2-1-6(19(16,17)18)5-7(8)10(14)15/h1-2,5H,3H2,(H,12,13)(H,14,15)(H,16,17,18). The number of carboxylic acid groups (broad SMARTS) is 1. The molecule has 0 atom stereocenters. The predicted octanol–water partition coefficient (Wildman–Crippen LogP) is 0.484. The summed E-state index contributed by atoms with van der Waals surface area (Å²) in [6.07, 6.45) is -0.473. The molecule has 0 saturated heterocycles. The van der Waals surface area contributed by atoms with Crippen molar-refractivity contribution in [1.29, 1.82) is 5.26 Å². The third-order valence-electron chi connectivity index (χ3n) is 2.03. The van der Waals surface area contributed by atoms with Crippen LogP contribution in [-0.2, 0) is 14.9 Å². The van der Waals surface area contributed by atoms with E-state index in [1.807, 2.05) is 0 Å². The predicted molar refractivity (Wildman–Crippen MR) is 62.1 cm³/mol. The van der Waals surface area contributed by atoms with E-state index in [-0.39, 0.29) is 5.69 Å². The highest BCUT2D eigenvalue weighted by atomic mass is 32.2. The van der Waals surface area contributed by atoms with Crippen molar-refractivity contribution in [1.82, 2.24) is 0 Å². The summed E-state index contributed by atoms with van der Waals surface area (Å²) in [6, 6.07) is 4.23. The summed E-state index contributed by atoms with van der Waals surface area (Å²) in [5.74, 6) is -2.22. The molecule has 0 aliphatic rings. The fourth-order valence-corrected chi connectivity index (χ4v) is 1.74. The first-order valence-corrected chi connectivity index (χ1v) is 6.21. The minimum absolute atomic E-state index is 0.167. The number of anilines is 1. The van der Waals surface area contributed by atoms with Gasteiger partial charge >= 0.3 is 5.97 Å². The Morgan fingerprint density at radius 1 is 1.37 bits per heavy atom. The molecule has 0 aromatic heterocycles. The van der Waals surface area contributed by atoms with Crippen LogP contribution in [0.3, 0.4) is 0 Å². The minimum atomic E-state index is -4.54. The second-order valence-electron chi connectivity index (χ2n) is 3.37. The summed E-state index contributed by atoms with van der Waals surface area (Å²) in [6.45, 7) is 0. The molecule has 0 aliphatic heterocycles. The third kappa shape index (κ3) is 3.77. The topological polar surface area (TPSA) is 145 Å². The molecule has 0 spiro atoms. The number of rotatable bonds is 4. The summed E-state index contributed by atoms with van der Waals surface area (Å²) >= 11 is 0. The second kappa shape index (κ2) is 5.47. The lowest BCUT2D eigenvalue weighted by Crippen LogP contribution is -2.14. The lowest BCUT2D eigenvalue weighted by Gasteiger charge is -2.08. The monoisotopic (exact) mass is 284 g/mol. The number of hydrogen-bond donors (Lipinski definition) is 3. The summed E-state index contributed by atoms with van der Waals surface area (Å²) in [5.41, 5.74) is -0.679. The van der Waals surface area contributed by atoms with Crippen molar-refractivity contribution in [3.8, 4) is 6.07 Å². The van der Waals surface area contributed by atoms with Gasteiger partial charge in [-0.25, -0.2) is 4.79 Å². The SMILES string of the molecule is N#CCC(=O)Nc1ccc(S(=O)(=O)O)cc1C(=O)O. The van der Waals surface area contributed by atoms with E-state index in [0.717, 1.165) is 12.1 Å². The molecule has 19 heavy (non-hydrogen) atoms. The first-order valence-electron chi connectivity index (χ1n) is 4.77.